The third-order valence-electron chi connectivity index (χ3n) is 4.98. The zero-order valence-electron chi connectivity index (χ0n) is 17.9. The molecule has 0 aliphatic rings. The van der Waals surface area contributed by atoms with Crippen LogP contribution in [0.5, 0.6) is 0 Å². The molecule has 8 nitrogen and oxygen atoms in total. The van der Waals surface area contributed by atoms with Gasteiger partial charge in [0.25, 0.3) is 10.0 Å². The lowest BCUT2D eigenvalue weighted by atomic mass is 10.1. The van der Waals surface area contributed by atoms with Gasteiger partial charge in [-0.2, -0.15) is 13.2 Å². The number of hydrogen-bond donors (Lipinski definition) is 2. The number of carboxylic acid groups (broad SMARTS) is 1. The van der Waals surface area contributed by atoms with Gasteiger partial charge in [-0.1, -0.05) is 19.1 Å². The summed E-state index contributed by atoms with van der Waals surface area (Å²) in [5.41, 5.74) is -1.52. The van der Waals surface area contributed by atoms with Crippen LogP contribution in [0.3, 0.4) is 0 Å². The van der Waals surface area contributed by atoms with Crippen LogP contribution in [0.15, 0.2) is 59.6 Å². The van der Waals surface area contributed by atoms with Crippen molar-refractivity contribution < 1.29 is 41.0 Å². The molecule has 0 aliphatic carbocycles. The quantitative estimate of drug-likeness (QED) is 0.472. The van der Waals surface area contributed by atoms with E-state index in [2.05, 4.69) is 9.46 Å². The van der Waals surface area contributed by atoms with Crippen LogP contribution in [0.25, 0.3) is 11.3 Å². The molecule has 3 aromatic rings. The number of anilines is 1. The highest BCUT2D eigenvalue weighted by Crippen LogP contribution is 2.37. The Labute approximate surface area is 192 Å². The fourth-order valence-corrected chi connectivity index (χ4v) is 4.74. The third-order valence-corrected chi connectivity index (χ3v) is 6.43. The molecule has 180 valence electrons. The van der Waals surface area contributed by atoms with Crippen molar-refractivity contribution in [3.63, 3.8) is 0 Å². The summed E-state index contributed by atoms with van der Waals surface area (Å²) in [4.78, 5) is 23.1. The van der Waals surface area contributed by atoms with Gasteiger partial charge in [-0.25, -0.2) is 18.0 Å². The number of rotatable bonds is 6. The number of nitrogens with zero attached hydrogens (tertiary/aromatic N) is 1. The number of aryl methyl sites for hydroxylation is 1. The summed E-state index contributed by atoms with van der Waals surface area (Å²) in [5, 5.41) is 9.38. The van der Waals surface area contributed by atoms with Crippen LogP contribution in [-0.2, 0) is 27.4 Å². The third kappa shape index (κ3) is 4.91. The molecular formula is C22H19F3N2O6S. The normalized spacial score (nSPS) is 11.8. The number of aromatic nitrogens is 1. The number of alkyl halides is 3. The Bertz CT molecular complexity index is 1360. The van der Waals surface area contributed by atoms with Crippen molar-refractivity contribution >= 4 is 27.8 Å². The van der Waals surface area contributed by atoms with E-state index in [1.165, 1.54) is 30.5 Å². The molecule has 34 heavy (non-hydrogen) atoms. The molecule has 1 heterocycles. The summed E-state index contributed by atoms with van der Waals surface area (Å²) in [6, 6.07) is 8.83. The van der Waals surface area contributed by atoms with Crippen LogP contribution < -0.4 is 4.72 Å². The number of benzene rings is 2. The standard InChI is InChI=1S/C22H19F3N2O6S/c1-3-13-6-7-14(20(28)33-2)11-19(13)34(31,32)26-17-12-15(22(23,24)25)8-9-16(17)18-5-4-10-27(18)21(29)30/h4-12,26H,3H2,1-2H3,(H,29,30). The van der Waals surface area contributed by atoms with E-state index in [9.17, 15) is 36.3 Å². The maximum absolute atomic E-state index is 13.4. The number of nitrogens with one attached hydrogen (secondary N) is 1. The van der Waals surface area contributed by atoms with E-state index >= 15 is 0 Å². The van der Waals surface area contributed by atoms with E-state index in [0.717, 1.165) is 29.9 Å². The van der Waals surface area contributed by atoms with Crippen LogP contribution >= 0.6 is 0 Å². The van der Waals surface area contributed by atoms with Crippen LogP contribution in [0.1, 0.15) is 28.4 Å². The number of esters is 1. The lowest BCUT2D eigenvalue weighted by Crippen LogP contribution is -2.18. The summed E-state index contributed by atoms with van der Waals surface area (Å²) < 4.78 is 74.2. The van der Waals surface area contributed by atoms with E-state index in [1.54, 1.807) is 6.92 Å². The first-order chi connectivity index (χ1) is 15.9. The molecule has 0 radical (unpaired) electrons. The van der Waals surface area contributed by atoms with Crippen molar-refractivity contribution in [2.75, 3.05) is 11.8 Å². The first-order valence-electron chi connectivity index (χ1n) is 9.75. The topological polar surface area (TPSA) is 115 Å². The Morgan fingerprint density at radius 3 is 2.41 bits per heavy atom. The Morgan fingerprint density at radius 2 is 1.82 bits per heavy atom. The van der Waals surface area contributed by atoms with Crippen LogP contribution in [0, 0.1) is 0 Å². The predicted octanol–water partition coefficient (Wildman–Crippen LogP) is 4.85. The first-order valence-corrected chi connectivity index (χ1v) is 11.2. The molecule has 0 fully saturated rings. The molecule has 0 saturated heterocycles. The van der Waals surface area contributed by atoms with Crippen molar-refractivity contribution in [2.45, 2.75) is 24.4 Å². The smallest absolute Gasteiger partial charge is 0.416 e. The number of carbonyl (C=O) groups is 2. The molecule has 2 aromatic carbocycles. The Hall–Kier alpha value is -3.80. The molecule has 0 saturated carbocycles. The predicted molar refractivity (Wildman–Crippen MR) is 116 cm³/mol. The largest absolute Gasteiger partial charge is 0.465 e. The maximum atomic E-state index is 13.4. The van der Waals surface area contributed by atoms with Gasteiger partial charge in [0.05, 0.1) is 34.5 Å². The molecule has 3 rings (SSSR count). The second-order valence-electron chi connectivity index (χ2n) is 7.08. The molecule has 0 amide bonds. The van der Waals surface area contributed by atoms with E-state index in [4.69, 9.17) is 0 Å². The Morgan fingerprint density at radius 1 is 1.12 bits per heavy atom. The highest BCUT2D eigenvalue weighted by Gasteiger charge is 2.32. The van der Waals surface area contributed by atoms with E-state index in [1.807, 2.05) is 0 Å². The van der Waals surface area contributed by atoms with Gasteiger partial charge in [0.1, 0.15) is 0 Å². The highest BCUT2D eigenvalue weighted by molar-refractivity contribution is 7.92. The van der Waals surface area contributed by atoms with Gasteiger partial charge < -0.3 is 9.84 Å². The number of ether oxygens (including phenoxy) is 1. The number of hydrogen-bond acceptors (Lipinski definition) is 5. The molecule has 2 N–H and O–H groups in total. The number of sulfonamides is 1. The van der Waals surface area contributed by atoms with Gasteiger partial charge in [-0.05, 0) is 48.4 Å². The van der Waals surface area contributed by atoms with Gasteiger partial charge in [-0.3, -0.25) is 9.29 Å². The van der Waals surface area contributed by atoms with Crippen molar-refractivity contribution in [1.82, 2.24) is 4.57 Å². The minimum absolute atomic E-state index is 0.0436. The minimum Gasteiger partial charge on any atom is -0.465 e. The van der Waals surface area contributed by atoms with Crippen molar-refractivity contribution in [3.05, 3.63) is 71.4 Å². The second kappa shape index (κ2) is 9.21. The van der Waals surface area contributed by atoms with Crippen molar-refractivity contribution in [3.8, 4) is 11.3 Å². The van der Waals surface area contributed by atoms with Gasteiger partial charge in [0.15, 0.2) is 0 Å². The van der Waals surface area contributed by atoms with Gasteiger partial charge in [-0.15, -0.1) is 0 Å². The molecular weight excluding hydrogens is 477 g/mol. The van der Waals surface area contributed by atoms with Crippen LogP contribution in [-0.4, -0.2) is 37.3 Å². The highest BCUT2D eigenvalue weighted by atomic mass is 32.2. The lowest BCUT2D eigenvalue weighted by molar-refractivity contribution is -0.137. The first kappa shape index (κ1) is 24.8. The summed E-state index contributed by atoms with van der Waals surface area (Å²) >= 11 is 0. The number of carbonyl (C=O) groups excluding carboxylic acids is 1. The zero-order valence-corrected chi connectivity index (χ0v) is 18.7. The van der Waals surface area contributed by atoms with E-state index < -0.39 is 39.5 Å². The minimum atomic E-state index is -4.78. The Kier molecular flexibility index (Phi) is 6.73. The molecule has 0 unspecified atom stereocenters. The van der Waals surface area contributed by atoms with E-state index in [-0.39, 0.29) is 28.1 Å². The Balaban J connectivity index is 2.20. The molecule has 1 aromatic heterocycles. The molecule has 0 spiro atoms. The fraction of sp³-hybridized carbons (Fsp3) is 0.182. The monoisotopic (exact) mass is 496 g/mol. The summed E-state index contributed by atoms with van der Waals surface area (Å²) in [5.74, 6) is -0.793. The zero-order chi connectivity index (χ0) is 25.3. The van der Waals surface area contributed by atoms with Crippen LogP contribution in [0.2, 0.25) is 0 Å². The lowest BCUT2D eigenvalue weighted by Gasteiger charge is -2.17. The number of halogens is 3. The maximum Gasteiger partial charge on any atom is 0.416 e. The summed E-state index contributed by atoms with van der Waals surface area (Å²) in [6.45, 7) is 1.67. The van der Waals surface area contributed by atoms with Gasteiger partial charge in [0, 0.05) is 11.8 Å². The SMILES string of the molecule is CCc1ccc(C(=O)OC)cc1S(=O)(=O)Nc1cc(C(F)(F)F)ccc1-c1cccn1C(=O)O. The summed E-state index contributed by atoms with van der Waals surface area (Å²) in [6.07, 6.45) is -4.78. The number of methoxy groups -OCH3 is 1. The molecule has 0 atom stereocenters. The second-order valence-corrected chi connectivity index (χ2v) is 8.73. The molecule has 12 heteroatoms. The average molecular weight is 496 g/mol. The molecule has 0 bridgehead atoms. The summed E-state index contributed by atoms with van der Waals surface area (Å²) in [7, 11) is -3.39. The van der Waals surface area contributed by atoms with Gasteiger partial charge in [0.2, 0.25) is 0 Å². The van der Waals surface area contributed by atoms with Crippen molar-refractivity contribution in [1.29, 1.82) is 0 Å². The van der Waals surface area contributed by atoms with E-state index in [0.29, 0.717) is 11.6 Å². The molecule has 0 aliphatic heterocycles. The van der Waals surface area contributed by atoms with Gasteiger partial charge >= 0.3 is 18.2 Å². The average Bonchev–Trinajstić information content (AvgIpc) is 3.27. The fourth-order valence-electron chi connectivity index (χ4n) is 3.34. The van der Waals surface area contributed by atoms with Crippen molar-refractivity contribution in [2.24, 2.45) is 0 Å². The van der Waals surface area contributed by atoms with Crippen LogP contribution in [0.4, 0.5) is 23.7 Å².